The lowest BCUT2D eigenvalue weighted by Gasteiger charge is -2.24. The first kappa shape index (κ1) is 18.7. The number of carbonyl (C=O) groups excluding carboxylic acids is 2. The van der Waals surface area contributed by atoms with Crippen molar-refractivity contribution < 1.29 is 18.8 Å². The fourth-order valence-electron chi connectivity index (χ4n) is 3.42. The van der Waals surface area contributed by atoms with Gasteiger partial charge in [-0.25, -0.2) is 4.79 Å². The Morgan fingerprint density at radius 3 is 2.59 bits per heavy atom. The van der Waals surface area contributed by atoms with Crippen molar-refractivity contribution in [2.24, 2.45) is 0 Å². The Hall–Kier alpha value is -3.09. The minimum Gasteiger partial charge on any atom is -0.450 e. The van der Waals surface area contributed by atoms with Crippen LogP contribution >= 0.6 is 0 Å². The molecule has 1 aliphatic rings. The van der Waals surface area contributed by atoms with Gasteiger partial charge in [0.05, 0.1) is 5.69 Å². The molecule has 1 aliphatic heterocycles. The van der Waals surface area contributed by atoms with Gasteiger partial charge in [0.1, 0.15) is 5.56 Å². The van der Waals surface area contributed by atoms with Crippen molar-refractivity contribution in [1.82, 2.24) is 5.16 Å². The number of nitrogen functional groups attached to an aromatic ring is 1. The third kappa shape index (κ3) is 3.09. The van der Waals surface area contributed by atoms with Crippen LogP contribution in [0.4, 0.5) is 11.6 Å². The maximum atomic E-state index is 12.7. The highest BCUT2D eigenvalue weighted by molar-refractivity contribution is 6.00. The molecule has 0 saturated heterocycles. The Morgan fingerprint density at radius 1 is 1.33 bits per heavy atom. The van der Waals surface area contributed by atoms with Gasteiger partial charge in [-0.2, -0.15) is 0 Å². The minimum absolute atomic E-state index is 0.0491. The second kappa shape index (κ2) is 6.57. The first-order valence-corrected chi connectivity index (χ1v) is 8.66. The van der Waals surface area contributed by atoms with Gasteiger partial charge in [-0.05, 0) is 25.5 Å². The smallest absolute Gasteiger partial charge is 0.346 e. The lowest BCUT2D eigenvalue weighted by Crippen LogP contribution is -2.28. The summed E-state index contributed by atoms with van der Waals surface area (Å²) in [5.41, 5.74) is 8.67. The molecule has 0 unspecified atom stereocenters. The molecule has 1 aromatic heterocycles. The summed E-state index contributed by atoms with van der Waals surface area (Å²) < 4.78 is 10.0. The van der Waals surface area contributed by atoms with Crippen molar-refractivity contribution in [2.45, 2.75) is 39.2 Å². The largest absolute Gasteiger partial charge is 0.450 e. The molecule has 0 radical (unpaired) electrons. The third-order valence-electron chi connectivity index (χ3n) is 5.00. The number of nitrogens with two attached hydrogens (primary N) is 1. The van der Waals surface area contributed by atoms with Crippen molar-refractivity contribution in [3.63, 3.8) is 0 Å². The van der Waals surface area contributed by atoms with E-state index in [4.69, 9.17) is 15.0 Å². The Morgan fingerprint density at radius 2 is 2.00 bits per heavy atom. The number of anilines is 2. The van der Waals surface area contributed by atoms with E-state index in [0.717, 1.165) is 16.9 Å². The van der Waals surface area contributed by atoms with Crippen LogP contribution in [0.2, 0.25) is 0 Å². The predicted octanol–water partition coefficient (Wildman–Crippen LogP) is 2.99. The fraction of sp³-hybridized carbons (Fsp3) is 0.350. The maximum absolute atomic E-state index is 12.7. The highest BCUT2D eigenvalue weighted by Crippen LogP contribution is 2.46. The van der Waals surface area contributed by atoms with E-state index in [2.05, 4.69) is 25.1 Å². The predicted molar refractivity (Wildman–Crippen MR) is 101 cm³/mol. The van der Waals surface area contributed by atoms with Crippen molar-refractivity contribution in [1.29, 1.82) is 0 Å². The lowest BCUT2D eigenvalue weighted by molar-refractivity contribution is -0.122. The second-order valence-electron chi connectivity index (χ2n) is 7.19. The molecular weight excluding hydrogens is 346 g/mol. The van der Waals surface area contributed by atoms with Gasteiger partial charge in [0.15, 0.2) is 11.9 Å². The van der Waals surface area contributed by atoms with E-state index in [-0.39, 0.29) is 22.6 Å². The van der Waals surface area contributed by atoms with Gasteiger partial charge in [-0.3, -0.25) is 4.79 Å². The third-order valence-corrected chi connectivity index (χ3v) is 5.00. The molecule has 0 bridgehead atoms. The second-order valence-corrected chi connectivity index (χ2v) is 7.19. The Bertz CT molecular complexity index is 923. The first-order valence-electron chi connectivity index (χ1n) is 8.66. The van der Waals surface area contributed by atoms with Crippen molar-refractivity contribution in [3.05, 3.63) is 52.9 Å². The number of aromatic nitrogens is 1. The van der Waals surface area contributed by atoms with Crippen molar-refractivity contribution in [2.75, 3.05) is 17.7 Å². The number of aryl methyl sites for hydroxylation is 1. The van der Waals surface area contributed by atoms with Crippen LogP contribution in [0.1, 0.15) is 42.4 Å². The number of likely N-dealkylation sites (N-methyl/N-ethyl adjacent to an activating group) is 1. The Kier molecular flexibility index (Phi) is 4.55. The zero-order valence-electron chi connectivity index (χ0n) is 16.1. The van der Waals surface area contributed by atoms with E-state index < -0.39 is 12.1 Å². The van der Waals surface area contributed by atoms with Crippen LogP contribution in [0.3, 0.4) is 0 Å². The van der Waals surface area contributed by atoms with Gasteiger partial charge in [-0.15, -0.1) is 0 Å². The number of nitrogens with zero attached hydrogens (tertiary/aromatic N) is 2. The average molecular weight is 369 g/mol. The van der Waals surface area contributed by atoms with Crippen LogP contribution in [0.15, 0.2) is 40.6 Å². The number of esters is 1. The summed E-state index contributed by atoms with van der Waals surface area (Å²) in [6.45, 7) is 7.24. The molecule has 0 spiro atoms. The summed E-state index contributed by atoms with van der Waals surface area (Å²) in [5.74, 6) is -1.16. The number of fused-ring (bicyclic) bond motifs is 1. The summed E-state index contributed by atoms with van der Waals surface area (Å²) in [5, 5.41) is 3.62. The quantitative estimate of drug-likeness (QED) is 0.653. The summed E-state index contributed by atoms with van der Waals surface area (Å²) in [4.78, 5) is 27.0. The van der Waals surface area contributed by atoms with Gasteiger partial charge in [0.2, 0.25) is 5.88 Å². The zero-order valence-corrected chi connectivity index (χ0v) is 16.1. The number of rotatable bonds is 4. The van der Waals surface area contributed by atoms with Gasteiger partial charge in [0, 0.05) is 29.9 Å². The van der Waals surface area contributed by atoms with Gasteiger partial charge >= 0.3 is 5.97 Å². The molecule has 2 aromatic rings. The lowest BCUT2D eigenvalue weighted by atomic mass is 9.83. The molecule has 3 rings (SSSR count). The van der Waals surface area contributed by atoms with Crippen LogP contribution in [-0.2, 0) is 14.9 Å². The number of allylic oxidation sites excluding steroid dienone is 1. The monoisotopic (exact) mass is 369 g/mol. The molecule has 1 atom stereocenters. The number of ketones is 1. The van der Waals surface area contributed by atoms with Gasteiger partial charge in [-0.1, -0.05) is 37.2 Å². The standard InChI is InChI=1S/C20H23N3O4/c1-11-17(18(21)27-22-11)19(25)26-12(2)15(24)10-16-20(3,4)13-8-6-7-9-14(13)23(16)5/h6-10,12H,21H2,1-5H3/b16-10-/t12-/m1/s1. The number of carbonyl (C=O) groups is 2. The molecule has 142 valence electrons. The molecule has 0 saturated carbocycles. The maximum Gasteiger partial charge on any atom is 0.346 e. The van der Waals surface area contributed by atoms with E-state index in [0.29, 0.717) is 5.69 Å². The minimum atomic E-state index is -0.966. The molecule has 0 fully saturated rings. The summed E-state index contributed by atoms with van der Waals surface area (Å²) in [6, 6.07) is 8.02. The number of hydrogen-bond donors (Lipinski definition) is 1. The van der Waals surface area contributed by atoms with Crippen molar-refractivity contribution in [3.8, 4) is 0 Å². The summed E-state index contributed by atoms with van der Waals surface area (Å²) in [6.07, 6.45) is 0.577. The first-order chi connectivity index (χ1) is 12.6. The highest BCUT2D eigenvalue weighted by atomic mass is 16.5. The molecule has 0 amide bonds. The normalized spacial score (nSPS) is 17.7. The van der Waals surface area contributed by atoms with E-state index >= 15 is 0 Å². The highest BCUT2D eigenvalue weighted by Gasteiger charge is 2.39. The van der Waals surface area contributed by atoms with Crippen LogP contribution in [0, 0.1) is 6.92 Å². The Balaban J connectivity index is 1.81. The number of hydrogen-bond acceptors (Lipinski definition) is 7. The SMILES string of the molecule is Cc1noc(N)c1C(=O)O[C@H](C)C(=O)/C=C1\N(C)c2ccccc2C1(C)C. The fourth-order valence-corrected chi connectivity index (χ4v) is 3.42. The van der Waals surface area contributed by atoms with E-state index in [1.54, 1.807) is 13.0 Å². The van der Waals surface area contributed by atoms with Crippen LogP contribution in [-0.4, -0.2) is 30.1 Å². The molecule has 1 aromatic carbocycles. The number of para-hydroxylation sites is 1. The van der Waals surface area contributed by atoms with E-state index in [1.165, 1.54) is 6.92 Å². The molecule has 0 aliphatic carbocycles. The van der Waals surface area contributed by atoms with E-state index in [9.17, 15) is 9.59 Å². The van der Waals surface area contributed by atoms with Crippen LogP contribution < -0.4 is 10.6 Å². The van der Waals surface area contributed by atoms with Crippen LogP contribution in [0.5, 0.6) is 0 Å². The molecule has 2 N–H and O–H groups in total. The number of benzene rings is 1. The molecule has 2 heterocycles. The molecule has 7 nitrogen and oxygen atoms in total. The van der Waals surface area contributed by atoms with Crippen molar-refractivity contribution >= 4 is 23.3 Å². The summed E-state index contributed by atoms with van der Waals surface area (Å²) in [7, 11) is 1.92. The molecule has 7 heteroatoms. The van der Waals surface area contributed by atoms with Gasteiger partial charge < -0.3 is 19.9 Å². The number of ether oxygens (including phenoxy) is 1. The topological polar surface area (TPSA) is 98.7 Å². The van der Waals surface area contributed by atoms with E-state index in [1.807, 2.05) is 30.1 Å². The molecule has 27 heavy (non-hydrogen) atoms. The Labute approximate surface area is 157 Å². The molecular formula is C20H23N3O4. The average Bonchev–Trinajstić information content (AvgIpc) is 3.05. The van der Waals surface area contributed by atoms with Gasteiger partial charge in [0.25, 0.3) is 0 Å². The zero-order chi connectivity index (χ0) is 19.9. The summed E-state index contributed by atoms with van der Waals surface area (Å²) >= 11 is 0. The van der Waals surface area contributed by atoms with Crippen LogP contribution in [0.25, 0.3) is 0 Å².